The number of rotatable bonds is 0. The van der Waals surface area contributed by atoms with Gasteiger partial charge in [-0.1, -0.05) is 6.92 Å². The quantitative estimate of drug-likeness (QED) is 0.617. The van der Waals surface area contributed by atoms with E-state index in [9.17, 15) is 0 Å². The minimum absolute atomic E-state index is 0. The van der Waals surface area contributed by atoms with Crippen LogP contribution in [0, 0.1) is 5.92 Å². The molecular weight excluding hydrogens is 178 g/mol. The number of ether oxygens (including phenoxy) is 2. The normalized spacial score (nSPS) is 33.2. The summed E-state index contributed by atoms with van der Waals surface area (Å²) in [6.45, 7) is 5.66. The zero-order valence-corrected chi connectivity index (χ0v) is 8.15. The van der Waals surface area contributed by atoms with E-state index in [0.29, 0.717) is 5.92 Å². The molecule has 2 rings (SSSR count). The summed E-state index contributed by atoms with van der Waals surface area (Å²) >= 11 is 0. The molecule has 0 aromatic heterocycles. The van der Waals surface area contributed by atoms with E-state index < -0.39 is 0 Å². The molecule has 1 atom stereocenters. The third kappa shape index (κ3) is 1.59. The van der Waals surface area contributed by atoms with E-state index in [1.165, 1.54) is 0 Å². The number of hydrogen-bond acceptors (Lipinski definition) is 3. The molecule has 0 saturated carbocycles. The van der Waals surface area contributed by atoms with Crippen LogP contribution < -0.4 is 5.32 Å². The van der Waals surface area contributed by atoms with Crippen LogP contribution in [0.5, 0.6) is 0 Å². The molecule has 1 unspecified atom stereocenters. The molecule has 0 bridgehead atoms. The third-order valence-corrected chi connectivity index (χ3v) is 2.65. The highest BCUT2D eigenvalue weighted by molar-refractivity contribution is 5.85. The van der Waals surface area contributed by atoms with Gasteiger partial charge in [0.1, 0.15) is 0 Å². The van der Waals surface area contributed by atoms with Gasteiger partial charge in [0.15, 0.2) is 5.79 Å². The highest BCUT2D eigenvalue weighted by atomic mass is 35.5. The second-order valence-corrected chi connectivity index (χ2v) is 3.38. The summed E-state index contributed by atoms with van der Waals surface area (Å²) in [7, 11) is 0. The minimum atomic E-state index is -0.280. The van der Waals surface area contributed by atoms with Crippen molar-refractivity contribution < 1.29 is 9.47 Å². The van der Waals surface area contributed by atoms with E-state index in [4.69, 9.17) is 9.47 Å². The maximum Gasteiger partial charge on any atom is 0.183 e. The predicted molar refractivity (Wildman–Crippen MR) is 48.5 cm³/mol. The highest BCUT2D eigenvalue weighted by Crippen LogP contribution is 2.31. The maximum atomic E-state index is 5.61. The topological polar surface area (TPSA) is 30.5 Å². The standard InChI is InChI=1S/C8H15NO2.ClH/c1-7-2-3-9-6-8(7)10-4-5-11-8;/h7,9H,2-6H2,1H3;1H. The van der Waals surface area contributed by atoms with Crippen LogP contribution in [0.25, 0.3) is 0 Å². The maximum absolute atomic E-state index is 5.61. The Hall–Kier alpha value is 0.170. The molecule has 2 saturated heterocycles. The van der Waals surface area contributed by atoms with E-state index in [-0.39, 0.29) is 18.2 Å². The summed E-state index contributed by atoms with van der Waals surface area (Å²) in [6, 6.07) is 0. The Morgan fingerprint density at radius 2 is 2.00 bits per heavy atom. The number of piperidine rings is 1. The molecule has 2 heterocycles. The average Bonchev–Trinajstić information content (AvgIpc) is 2.46. The van der Waals surface area contributed by atoms with E-state index in [1.807, 2.05) is 0 Å². The fourth-order valence-corrected chi connectivity index (χ4v) is 1.83. The molecule has 72 valence electrons. The molecule has 0 amide bonds. The second kappa shape index (κ2) is 3.92. The van der Waals surface area contributed by atoms with E-state index in [2.05, 4.69) is 12.2 Å². The molecule has 0 aliphatic carbocycles. The Bertz CT molecular complexity index is 148. The van der Waals surface area contributed by atoms with Crippen molar-refractivity contribution in [3.05, 3.63) is 0 Å². The molecule has 1 N–H and O–H groups in total. The molecule has 0 radical (unpaired) electrons. The van der Waals surface area contributed by atoms with Crippen molar-refractivity contribution in [2.24, 2.45) is 5.92 Å². The largest absolute Gasteiger partial charge is 0.346 e. The smallest absolute Gasteiger partial charge is 0.183 e. The number of hydrogen-bond donors (Lipinski definition) is 1. The van der Waals surface area contributed by atoms with Gasteiger partial charge in [0.05, 0.1) is 19.8 Å². The first-order valence-corrected chi connectivity index (χ1v) is 4.32. The third-order valence-electron chi connectivity index (χ3n) is 2.65. The van der Waals surface area contributed by atoms with Crippen LogP contribution in [0.15, 0.2) is 0 Å². The van der Waals surface area contributed by atoms with Gasteiger partial charge < -0.3 is 14.8 Å². The summed E-state index contributed by atoms with van der Waals surface area (Å²) in [5.41, 5.74) is 0. The molecule has 0 aromatic rings. The number of halogens is 1. The van der Waals surface area contributed by atoms with Crippen LogP contribution in [-0.4, -0.2) is 32.1 Å². The van der Waals surface area contributed by atoms with Crippen molar-refractivity contribution in [2.45, 2.75) is 19.1 Å². The van der Waals surface area contributed by atoms with Gasteiger partial charge >= 0.3 is 0 Å². The lowest BCUT2D eigenvalue weighted by molar-refractivity contribution is -0.197. The Morgan fingerprint density at radius 3 is 2.58 bits per heavy atom. The van der Waals surface area contributed by atoms with Crippen molar-refractivity contribution in [2.75, 3.05) is 26.3 Å². The molecule has 2 fully saturated rings. The molecule has 2 aliphatic rings. The van der Waals surface area contributed by atoms with Crippen LogP contribution in [0.4, 0.5) is 0 Å². The van der Waals surface area contributed by atoms with E-state index >= 15 is 0 Å². The van der Waals surface area contributed by atoms with Crippen molar-refractivity contribution >= 4 is 12.4 Å². The molecule has 3 nitrogen and oxygen atoms in total. The van der Waals surface area contributed by atoms with Crippen LogP contribution in [0.2, 0.25) is 0 Å². The van der Waals surface area contributed by atoms with Gasteiger partial charge in [-0.3, -0.25) is 0 Å². The van der Waals surface area contributed by atoms with Crippen LogP contribution in [0.1, 0.15) is 13.3 Å². The zero-order chi connectivity index (χ0) is 7.73. The monoisotopic (exact) mass is 193 g/mol. The lowest BCUT2D eigenvalue weighted by Gasteiger charge is -2.37. The van der Waals surface area contributed by atoms with Gasteiger partial charge in [-0.25, -0.2) is 0 Å². The van der Waals surface area contributed by atoms with Crippen LogP contribution >= 0.6 is 12.4 Å². The summed E-state index contributed by atoms with van der Waals surface area (Å²) < 4.78 is 11.2. The molecular formula is C8H16ClNO2. The summed E-state index contributed by atoms with van der Waals surface area (Å²) in [4.78, 5) is 0. The molecule has 4 heteroatoms. The Balaban J connectivity index is 0.000000720. The van der Waals surface area contributed by atoms with Gasteiger partial charge in [0, 0.05) is 5.92 Å². The fourth-order valence-electron chi connectivity index (χ4n) is 1.83. The predicted octanol–water partition coefficient (Wildman–Crippen LogP) is 0.781. The second-order valence-electron chi connectivity index (χ2n) is 3.38. The Kier molecular flexibility index (Phi) is 3.35. The van der Waals surface area contributed by atoms with Gasteiger partial charge in [-0.05, 0) is 13.0 Å². The fraction of sp³-hybridized carbons (Fsp3) is 1.00. The lowest BCUT2D eigenvalue weighted by Crippen LogP contribution is -2.52. The molecule has 1 spiro atoms. The van der Waals surface area contributed by atoms with Crippen molar-refractivity contribution in [3.63, 3.8) is 0 Å². The Morgan fingerprint density at radius 1 is 1.33 bits per heavy atom. The van der Waals surface area contributed by atoms with Crippen molar-refractivity contribution in [1.82, 2.24) is 5.32 Å². The van der Waals surface area contributed by atoms with Gasteiger partial charge in [0.2, 0.25) is 0 Å². The lowest BCUT2D eigenvalue weighted by atomic mass is 9.93. The van der Waals surface area contributed by atoms with E-state index in [1.54, 1.807) is 0 Å². The Labute approximate surface area is 79.2 Å². The van der Waals surface area contributed by atoms with Gasteiger partial charge in [-0.2, -0.15) is 0 Å². The van der Waals surface area contributed by atoms with Crippen molar-refractivity contribution in [3.8, 4) is 0 Å². The summed E-state index contributed by atoms with van der Waals surface area (Å²) in [5.74, 6) is 0.254. The highest BCUT2D eigenvalue weighted by Gasteiger charge is 2.43. The first-order chi connectivity index (χ1) is 5.33. The van der Waals surface area contributed by atoms with Crippen LogP contribution in [0.3, 0.4) is 0 Å². The minimum Gasteiger partial charge on any atom is -0.346 e. The zero-order valence-electron chi connectivity index (χ0n) is 7.34. The first kappa shape index (κ1) is 10.3. The SMILES string of the molecule is CC1CCNCC12OCCO2.Cl. The molecule has 2 aliphatic heterocycles. The van der Waals surface area contributed by atoms with E-state index in [0.717, 1.165) is 32.7 Å². The van der Waals surface area contributed by atoms with Gasteiger partial charge in [-0.15, -0.1) is 12.4 Å². The molecule has 0 aromatic carbocycles. The van der Waals surface area contributed by atoms with Gasteiger partial charge in [0.25, 0.3) is 0 Å². The summed E-state index contributed by atoms with van der Waals surface area (Å²) in [5, 5.41) is 3.30. The average molecular weight is 194 g/mol. The molecule has 12 heavy (non-hydrogen) atoms. The number of nitrogens with one attached hydrogen (secondary N) is 1. The first-order valence-electron chi connectivity index (χ1n) is 4.32. The van der Waals surface area contributed by atoms with Crippen molar-refractivity contribution in [1.29, 1.82) is 0 Å². The van der Waals surface area contributed by atoms with Crippen LogP contribution in [-0.2, 0) is 9.47 Å². The summed E-state index contributed by atoms with van der Waals surface area (Å²) in [6.07, 6.45) is 1.15.